The number of halogens is 3. The quantitative estimate of drug-likeness (QED) is 0.827. The third kappa shape index (κ3) is 5.47. The fraction of sp³-hybridized carbons (Fsp3) is 0.600. The zero-order valence-corrected chi connectivity index (χ0v) is 8.47. The Hall–Kier alpha value is -0.970. The van der Waals surface area contributed by atoms with Crippen molar-refractivity contribution in [3.63, 3.8) is 0 Å². The minimum absolute atomic E-state index is 0.491. The van der Waals surface area contributed by atoms with Gasteiger partial charge in [0.2, 0.25) is 0 Å². The molecule has 0 aliphatic heterocycles. The van der Waals surface area contributed by atoms with Crippen molar-refractivity contribution in [1.82, 2.24) is 5.32 Å². The maximum atomic E-state index is 11.9. The number of nitrogens with one attached hydrogen (secondary N) is 1. The fourth-order valence-corrected chi connectivity index (χ4v) is 1.32. The predicted octanol–water partition coefficient (Wildman–Crippen LogP) is 2.75. The Morgan fingerprint density at radius 2 is 2.20 bits per heavy atom. The van der Waals surface area contributed by atoms with Gasteiger partial charge in [-0.15, -0.1) is 0 Å². The minimum atomic E-state index is -4.10. The van der Waals surface area contributed by atoms with Gasteiger partial charge in [-0.25, -0.2) is 0 Å². The molecule has 0 aliphatic rings. The van der Waals surface area contributed by atoms with Gasteiger partial charge in [0.15, 0.2) is 0 Å². The lowest BCUT2D eigenvalue weighted by Gasteiger charge is -2.15. The van der Waals surface area contributed by atoms with Crippen LogP contribution in [0.5, 0.6) is 0 Å². The molecule has 0 saturated heterocycles. The Labute approximate surface area is 86.5 Å². The van der Waals surface area contributed by atoms with Gasteiger partial charge in [-0.05, 0) is 19.1 Å². The fourth-order valence-electron chi connectivity index (χ4n) is 1.32. The molecule has 1 aromatic rings. The molecule has 0 amide bonds. The third-order valence-corrected chi connectivity index (χ3v) is 1.98. The summed E-state index contributed by atoms with van der Waals surface area (Å²) in [6, 6.07) is 3.00. The van der Waals surface area contributed by atoms with Crippen LogP contribution in [-0.4, -0.2) is 18.8 Å². The monoisotopic (exact) mass is 221 g/mol. The van der Waals surface area contributed by atoms with E-state index >= 15 is 0 Å². The molecule has 1 N–H and O–H groups in total. The summed E-state index contributed by atoms with van der Waals surface area (Å²) in [7, 11) is 0. The first kappa shape index (κ1) is 12.1. The van der Waals surface area contributed by atoms with Crippen LogP contribution >= 0.6 is 0 Å². The molecule has 86 valence electrons. The maximum Gasteiger partial charge on any atom is 0.390 e. The van der Waals surface area contributed by atoms with E-state index in [-0.39, 0.29) is 0 Å². The molecule has 0 radical (unpaired) electrons. The van der Waals surface area contributed by atoms with Gasteiger partial charge in [-0.3, -0.25) is 0 Å². The van der Waals surface area contributed by atoms with Crippen molar-refractivity contribution >= 4 is 0 Å². The van der Waals surface area contributed by atoms with Crippen LogP contribution in [0.25, 0.3) is 0 Å². The van der Waals surface area contributed by atoms with Crippen molar-refractivity contribution in [3.8, 4) is 0 Å². The molecule has 0 bridgehead atoms. The smallest absolute Gasteiger partial charge is 0.390 e. The summed E-state index contributed by atoms with van der Waals surface area (Å²) in [5.41, 5.74) is 0. The number of hydrogen-bond donors (Lipinski definition) is 1. The average molecular weight is 221 g/mol. The highest BCUT2D eigenvalue weighted by molar-refractivity contribution is 4.98. The molecule has 1 heterocycles. The first-order valence-electron chi connectivity index (χ1n) is 4.80. The Morgan fingerprint density at radius 3 is 2.73 bits per heavy atom. The standard InChI is InChI=1S/C10H14F3NO/c1-8(7-10(11,12)13)14-5-4-9-3-2-6-15-9/h2-3,6,8,14H,4-5,7H2,1H3. The lowest BCUT2D eigenvalue weighted by atomic mass is 10.2. The first-order valence-corrected chi connectivity index (χ1v) is 4.80. The Balaban J connectivity index is 2.15. The molecule has 0 spiro atoms. The molecule has 15 heavy (non-hydrogen) atoms. The molecule has 1 unspecified atom stereocenters. The third-order valence-electron chi connectivity index (χ3n) is 1.98. The summed E-state index contributed by atoms with van der Waals surface area (Å²) in [4.78, 5) is 0. The summed E-state index contributed by atoms with van der Waals surface area (Å²) in [5, 5.41) is 2.80. The summed E-state index contributed by atoms with van der Waals surface area (Å²) in [6.45, 7) is 2.01. The zero-order chi connectivity index (χ0) is 11.3. The number of alkyl halides is 3. The van der Waals surface area contributed by atoms with E-state index in [1.807, 2.05) is 0 Å². The van der Waals surface area contributed by atoms with Gasteiger partial charge in [0.05, 0.1) is 12.7 Å². The van der Waals surface area contributed by atoms with Crippen LogP contribution in [0.1, 0.15) is 19.1 Å². The van der Waals surface area contributed by atoms with E-state index in [2.05, 4.69) is 5.32 Å². The molecule has 0 aromatic carbocycles. The van der Waals surface area contributed by atoms with Crippen LogP contribution in [0.3, 0.4) is 0 Å². The first-order chi connectivity index (χ1) is 6.97. The molecule has 2 nitrogen and oxygen atoms in total. The molecular weight excluding hydrogens is 207 g/mol. The molecule has 1 atom stereocenters. The topological polar surface area (TPSA) is 25.2 Å². The van der Waals surface area contributed by atoms with Crippen molar-refractivity contribution < 1.29 is 17.6 Å². The predicted molar refractivity (Wildman–Crippen MR) is 50.5 cm³/mol. The molecule has 0 aliphatic carbocycles. The molecule has 1 aromatic heterocycles. The molecule has 5 heteroatoms. The number of rotatable bonds is 5. The second kappa shape index (κ2) is 5.21. The normalized spacial score (nSPS) is 14.1. The Bertz CT molecular complexity index is 269. The molecule has 0 saturated carbocycles. The summed E-state index contributed by atoms with van der Waals surface area (Å²) in [5.74, 6) is 0.779. The van der Waals surface area contributed by atoms with Crippen LogP contribution < -0.4 is 5.32 Å². The second-order valence-corrected chi connectivity index (χ2v) is 3.50. The minimum Gasteiger partial charge on any atom is -0.469 e. The second-order valence-electron chi connectivity index (χ2n) is 3.50. The number of furan rings is 1. The maximum absolute atomic E-state index is 11.9. The summed E-state index contributed by atoms with van der Waals surface area (Å²) in [6.07, 6.45) is -2.74. The average Bonchev–Trinajstić information content (AvgIpc) is 2.53. The zero-order valence-electron chi connectivity index (χ0n) is 8.47. The lowest BCUT2D eigenvalue weighted by molar-refractivity contribution is -0.138. The van der Waals surface area contributed by atoms with E-state index in [0.717, 1.165) is 5.76 Å². The highest BCUT2D eigenvalue weighted by Crippen LogP contribution is 2.21. The van der Waals surface area contributed by atoms with E-state index in [1.54, 1.807) is 18.4 Å². The Morgan fingerprint density at radius 1 is 1.47 bits per heavy atom. The van der Waals surface area contributed by atoms with E-state index in [9.17, 15) is 13.2 Å². The van der Waals surface area contributed by atoms with Gasteiger partial charge >= 0.3 is 6.18 Å². The summed E-state index contributed by atoms with van der Waals surface area (Å²) >= 11 is 0. The summed E-state index contributed by atoms with van der Waals surface area (Å²) < 4.78 is 40.9. The van der Waals surface area contributed by atoms with Crippen molar-refractivity contribution in [3.05, 3.63) is 24.2 Å². The van der Waals surface area contributed by atoms with Gasteiger partial charge in [0.1, 0.15) is 5.76 Å². The number of hydrogen-bond acceptors (Lipinski definition) is 2. The molecule has 1 rings (SSSR count). The van der Waals surface area contributed by atoms with Gasteiger partial charge in [-0.2, -0.15) is 13.2 Å². The van der Waals surface area contributed by atoms with Crippen molar-refractivity contribution in [1.29, 1.82) is 0 Å². The van der Waals surface area contributed by atoms with Crippen LogP contribution in [0, 0.1) is 0 Å². The molecule has 0 fully saturated rings. The van der Waals surface area contributed by atoms with Gasteiger partial charge < -0.3 is 9.73 Å². The van der Waals surface area contributed by atoms with E-state index in [0.29, 0.717) is 13.0 Å². The van der Waals surface area contributed by atoms with E-state index in [4.69, 9.17) is 4.42 Å². The van der Waals surface area contributed by atoms with Gasteiger partial charge in [0, 0.05) is 19.0 Å². The largest absolute Gasteiger partial charge is 0.469 e. The van der Waals surface area contributed by atoms with Crippen molar-refractivity contribution in [2.75, 3.05) is 6.54 Å². The van der Waals surface area contributed by atoms with Crippen molar-refractivity contribution in [2.24, 2.45) is 0 Å². The van der Waals surface area contributed by atoms with Crippen LogP contribution in [0.4, 0.5) is 13.2 Å². The Kier molecular flexibility index (Phi) is 4.20. The van der Waals surface area contributed by atoms with E-state index in [1.165, 1.54) is 6.92 Å². The van der Waals surface area contributed by atoms with Gasteiger partial charge in [-0.1, -0.05) is 0 Å². The van der Waals surface area contributed by atoms with Crippen molar-refractivity contribution in [2.45, 2.75) is 32.0 Å². The van der Waals surface area contributed by atoms with Crippen LogP contribution in [0.15, 0.2) is 22.8 Å². The lowest BCUT2D eigenvalue weighted by Crippen LogP contribution is -2.32. The SMILES string of the molecule is CC(CC(F)(F)F)NCCc1ccco1. The highest BCUT2D eigenvalue weighted by Gasteiger charge is 2.29. The van der Waals surface area contributed by atoms with Crippen LogP contribution in [-0.2, 0) is 6.42 Å². The molecular formula is C10H14F3NO. The van der Waals surface area contributed by atoms with Crippen LogP contribution in [0.2, 0.25) is 0 Å². The van der Waals surface area contributed by atoms with E-state index < -0.39 is 18.6 Å². The van der Waals surface area contributed by atoms with Gasteiger partial charge in [0.25, 0.3) is 0 Å². The highest BCUT2D eigenvalue weighted by atomic mass is 19.4.